The smallest absolute Gasteiger partial charge is 0.253 e. The Bertz CT molecular complexity index is 1120. The normalized spacial score (nSPS) is 14.3. The highest BCUT2D eigenvalue weighted by Gasteiger charge is 2.24. The molecule has 0 bridgehead atoms. The van der Waals surface area contributed by atoms with E-state index in [9.17, 15) is 4.79 Å². The minimum Gasteiger partial charge on any atom is -0.344 e. The Kier molecular flexibility index (Phi) is 5.33. The van der Waals surface area contributed by atoms with Gasteiger partial charge in [0.15, 0.2) is 5.13 Å². The summed E-state index contributed by atoms with van der Waals surface area (Å²) in [6.07, 6.45) is 3.58. The van der Waals surface area contributed by atoms with E-state index in [1.165, 1.54) is 0 Å². The van der Waals surface area contributed by atoms with Crippen LogP contribution in [0.1, 0.15) is 10.4 Å². The van der Waals surface area contributed by atoms with E-state index in [2.05, 4.69) is 19.9 Å². The molecule has 1 fully saturated rings. The number of amides is 1. The lowest BCUT2D eigenvalue weighted by atomic mass is 10.2. The van der Waals surface area contributed by atoms with Crippen molar-refractivity contribution in [1.82, 2.24) is 19.9 Å². The lowest BCUT2D eigenvalue weighted by Gasteiger charge is -2.34. The summed E-state index contributed by atoms with van der Waals surface area (Å²) in [5, 5.41) is 1.92. The van der Waals surface area contributed by atoms with Gasteiger partial charge in [0, 0.05) is 49.0 Å². The average Bonchev–Trinajstić information content (AvgIpc) is 3.24. The maximum atomic E-state index is 12.9. The van der Waals surface area contributed by atoms with Crippen molar-refractivity contribution >= 4 is 44.5 Å². The molecule has 1 amide bonds. The first kappa shape index (κ1) is 19.0. The van der Waals surface area contributed by atoms with E-state index in [0.29, 0.717) is 13.1 Å². The lowest BCUT2D eigenvalue weighted by molar-refractivity contribution is 0.0746. The molecule has 0 radical (unpaired) electrons. The SMILES string of the molecule is O=C(c1ccc(Sc2ccccn2)cc1)N1CCN(c2nc3cccnc3s2)CC1. The monoisotopic (exact) mass is 433 g/mol. The molecule has 4 aromatic rings. The van der Waals surface area contributed by atoms with E-state index >= 15 is 0 Å². The van der Waals surface area contributed by atoms with Gasteiger partial charge in [0.05, 0.1) is 0 Å². The van der Waals surface area contributed by atoms with Crippen LogP contribution in [0.25, 0.3) is 10.3 Å². The third-order valence-electron chi connectivity index (χ3n) is 4.95. The number of carbonyl (C=O) groups is 1. The number of piperazine rings is 1. The summed E-state index contributed by atoms with van der Waals surface area (Å²) in [6, 6.07) is 17.5. The molecule has 150 valence electrons. The maximum absolute atomic E-state index is 12.9. The van der Waals surface area contributed by atoms with Gasteiger partial charge in [-0.3, -0.25) is 4.79 Å². The largest absolute Gasteiger partial charge is 0.344 e. The van der Waals surface area contributed by atoms with Crippen LogP contribution in [0.3, 0.4) is 0 Å². The molecule has 30 heavy (non-hydrogen) atoms. The fraction of sp³-hybridized carbons (Fsp3) is 0.182. The van der Waals surface area contributed by atoms with Crippen LogP contribution >= 0.6 is 23.1 Å². The molecule has 3 aromatic heterocycles. The first-order valence-corrected chi connectivity index (χ1v) is 11.3. The second-order valence-electron chi connectivity index (χ2n) is 6.90. The van der Waals surface area contributed by atoms with Crippen molar-refractivity contribution in [3.8, 4) is 0 Å². The molecular formula is C22H19N5OS2. The highest BCUT2D eigenvalue weighted by atomic mass is 32.2. The summed E-state index contributed by atoms with van der Waals surface area (Å²) in [4.78, 5) is 32.5. The first-order valence-electron chi connectivity index (χ1n) is 9.71. The number of rotatable bonds is 4. The number of fused-ring (bicyclic) bond motifs is 1. The van der Waals surface area contributed by atoms with Crippen molar-refractivity contribution in [3.63, 3.8) is 0 Å². The number of pyridine rings is 2. The number of nitrogens with zero attached hydrogens (tertiary/aromatic N) is 5. The number of hydrogen-bond acceptors (Lipinski definition) is 7. The zero-order valence-corrected chi connectivity index (χ0v) is 17.8. The van der Waals surface area contributed by atoms with Crippen LogP contribution < -0.4 is 4.90 Å². The van der Waals surface area contributed by atoms with Crippen LogP contribution in [-0.2, 0) is 0 Å². The van der Waals surface area contributed by atoms with Crippen molar-refractivity contribution in [2.75, 3.05) is 31.1 Å². The average molecular weight is 434 g/mol. The number of aromatic nitrogens is 3. The van der Waals surface area contributed by atoms with E-state index in [1.807, 2.05) is 59.5 Å². The van der Waals surface area contributed by atoms with Crippen LogP contribution in [0.4, 0.5) is 5.13 Å². The first-order chi connectivity index (χ1) is 14.8. The van der Waals surface area contributed by atoms with Crippen molar-refractivity contribution in [3.05, 3.63) is 72.6 Å². The molecule has 1 aliphatic rings. The minimum absolute atomic E-state index is 0.0787. The van der Waals surface area contributed by atoms with E-state index in [1.54, 1.807) is 35.5 Å². The zero-order chi connectivity index (χ0) is 20.3. The van der Waals surface area contributed by atoms with Gasteiger partial charge >= 0.3 is 0 Å². The van der Waals surface area contributed by atoms with Crippen LogP contribution in [0.5, 0.6) is 0 Å². The fourth-order valence-corrected chi connectivity index (χ4v) is 5.11. The second kappa shape index (κ2) is 8.41. The van der Waals surface area contributed by atoms with Gasteiger partial charge in [-0.2, -0.15) is 0 Å². The van der Waals surface area contributed by atoms with Gasteiger partial charge in [-0.25, -0.2) is 15.0 Å². The molecule has 6 nitrogen and oxygen atoms in total. The number of anilines is 1. The molecule has 8 heteroatoms. The third-order valence-corrected chi connectivity index (χ3v) is 6.95. The summed E-state index contributed by atoms with van der Waals surface area (Å²) in [5.41, 5.74) is 1.65. The van der Waals surface area contributed by atoms with Gasteiger partial charge in [0.2, 0.25) is 0 Å². The number of benzene rings is 1. The Hall–Kier alpha value is -2.97. The third kappa shape index (κ3) is 4.01. The van der Waals surface area contributed by atoms with Crippen LogP contribution in [0.2, 0.25) is 0 Å². The van der Waals surface area contributed by atoms with Crippen molar-refractivity contribution in [2.24, 2.45) is 0 Å². The number of hydrogen-bond donors (Lipinski definition) is 0. The van der Waals surface area contributed by atoms with Gasteiger partial charge in [-0.15, -0.1) is 0 Å². The zero-order valence-electron chi connectivity index (χ0n) is 16.1. The minimum atomic E-state index is 0.0787. The van der Waals surface area contributed by atoms with E-state index in [-0.39, 0.29) is 5.91 Å². The number of thiazole rings is 1. The second-order valence-corrected chi connectivity index (χ2v) is 8.95. The Morgan fingerprint density at radius 2 is 1.70 bits per heavy atom. The van der Waals surface area contributed by atoms with Crippen molar-refractivity contribution < 1.29 is 4.79 Å². The molecule has 1 saturated heterocycles. The van der Waals surface area contributed by atoms with Gasteiger partial charge < -0.3 is 9.80 Å². The predicted octanol–water partition coefficient (Wildman–Crippen LogP) is 4.20. The van der Waals surface area contributed by atoms with Gasteiger partial charge in [-0.05, 0) is 48.5 Å². The van der Waals surface area contributed by atoms with Crippen LogP contribution in [0, 0.1) is 0 Å². The fourth-order valence-electron chi connectivity index (χ4n) is 3.37. The molecule has 1 aliphatic heterocycles. The predicted molar refractivity (Wildman–Crippen MR) is 120 cm³/mol. The summed E-state index contributed by atoms with van der Waals surface area (Å²) in [7, 11) is 0. The molecule has 4 heterocycles. The molecule has 5 rings (SSSR count). The molecule has 0 aliphatic carbocycles. The van der Waals surface area contributed by atoms with Crippen LogP contribution in [0.15, 0.2) is 76.9 Å². The molecule has 0 saturated carbocycles. The van der Waals surface area contributed by atoms with Gasteiger partial charge in [0.25, 0.3) is 5.91 Å². The molecule has 0 N–H and O–H groups in total. The Labute approximate surface area is 182 Å². The quantitative estimate of drug-likeness (QED) is 0.481. The Balaban J connectivity index is 1.21. The van der Waals surface area contributed by atoms with E-state index in [4.69, 9.17) is 0 Å². The molecule has 0 atom stereocenters. The number of carbonyl (C=O) groups excluding carboxylic acids is 1. The highest BCUT2D eigenvalue weighted by molar-refractivity contribution is 7.99. The molecule has 1 aromatic carbocycles. The topological polar surface area (TPSA) is 62.2 Å². The lowest BCUT2D eigenvalue weighted by Crippen LogP contribution is -2.48. The van der Waals surface area contributed by atoms with Gasteiger partial charge in [0.1, 0.15) is 15.4 Å². The van der Waals surface area contributed by atoms with Crippen molar-refractivity contribution in [2.45, 2.75) is 9.92 Å². The molecule has 0 spiro atoms. The summed E-state index contributed by atoms with van der Waals surface area (Å²) in [5.74, 6) is 0.0787. The van der Waals surface area contributed by atoms with Gasteiger partial charge in [-0.1, -0.05) is 29.2 Å². The summed E-state index contributed by atoms with van der Waals surface area (Å²) < 4.78 is 0. The van der Waals surface area contributed by atoms with Crippen molar-refractivity contribution in [1.29, 1.82) is 0 Å². The summed E-state index contributed by atoms with van der Waals surface area (Å²) in [6.45, 7) is 2.93. The van der Waals surface area contributed by atoms with E-state index in [0.717, 1.165) is 44.1 Å². The highest BCUT2D eigenvalue weighted by Crippen LogP contribution is 2.28. The van der Waals surface area contributed by atoms with E-state index < -0.39 is 0 Å². The maximum Gasteiger partial charge on any atom is 0.253 e. The molecule has 0 unspecified atom stereocenters. The standard InChI is InChI=1S/C22H19N5OS2/c28-21(16-6-8-17(9-7-16)29-19-5-1-2-10-23-19)26-12-14-27(15-13-26)22-25-18-4-3-11-24-20(18)30-22/h1-11H,12-15H2. The van der Waals surface area contributed by atoms with Crippen LogP contribution in [-0.4, -0.2) is 51.9 Å². The Morgan fingerprint density at radius 1 is 0.900 bits per heavy atom. The summed E-state index contributed by atoms with van der Waals surface area (Å²) >= 11 is 3.19. The Morgan fingerprint density at radius 3 is 2.43 bits per heavy atom. The molecular weight excluding hydrogens is 414 g/mol.